The Balaban J connectivity index is 2.01. The molecule has 2 aromatic rings. The molecule has 0 bridgehead atoms. The predicted molar refractivity (Wildman–Crippen MR) is 95.4 cm³/mol. The molecule has 1 atom stereocenters. The van der Waals surface area contributed by atoms with E-state index in [1.807, 2.05) is 25.1 Å². The third kappa shape index (κ3) is 4.95. The maximum atomic E-state index is 13.6. The topological polar surface area (TPSA) is 47.6 Å². The Labute approximate surface area is 148 Å². The maximum Gasteiger partial charge on any atom is 0.220 e. The lowest BCUT2D eigenvalue weighted by atomic mass is 10.0. The zero-order chi connectivity index (χ0) is 18.2. The number of carbonyl (C=O) groups is 1. The lowest BCUT2D eigenvalue weighted by Gasteiger charge is -2.19. The van der Waals surface area contributed by atoms with Crippen molar-refractivity contribution in [1.29, 1.82) is 0 Å². The van der Waals surface area contributed by atoms with Crippen LogP contribution in [0.2, 0.25) is 0 Å². The zero-order valence-electron chi connectivity index (χ0n) is 14.8. The van der Waals surface area contributed by atoms with Gasteiger partial charge in [0.25, 0.3) is 0 Å². The first-order chi connectivity index (χ1) is 12.1. The van der Waals surface area contributed by atoms with E-state index in [1.165, 1.54) is 6.07 Å². The molecule has 0 aliphatic carbocycles. The van der Waals surface area contributed by atoms with Crippen molar-refractivity contribution < 1.29 is 18.7 Å². The van der Waals surface area contributed by atoms with E-state index >= 15 is 0 Å². The van der Waals surface area contributed by atoms with Gasteiger partial charge in [-0.3, -0.25) is 4.79 Å². The number of ether oxygens (including phenoxy) is 2. The Hall–Kier alpha value is -2.56. The fourth-order valence-electron chi connectivity index (χ4n) is 2.71. The Kier molecular flexibility index (Phi) is 6.81. The van der Waals surface area contributed by atoms with Gasteiger partial charge in [0.05, 0.1) is 20.3 Å². The average molecular weight is 345 g/mol. The number of aryl methyl sites for hydroxylation is 1. The summed E-state index contributed by atoms with van der Waals surface area (Å²) in [6, 6.07) is 12.0. The summed E-state index contributed by atoms with van der Waals surface area (Å²) in [5.41, 5.74) is 1.50. The van der Waals surface area contributed by atoms with Gasteiger partial charge in [-0.2, -0.15) is 0 Å². The standard InChI is InChI=1S/C20H24FNO3/c1-4-17(15-9-11-18(24-2)19(13-15)25-3)22-20(23)12-10-14-7-5-6-8-16(14)21/h5-9,11,13,17H,4,10,12H2,1-3H3,(H,22,23). The van der Waals surface area contributed by atoms with Crippen LogP contribution in [0, 0.1) is 5.82 Å². The van der Waals surface area contributed by atoms with Crippen LogP contribution in [0.25, 0.3) is 0 Å². The number of rotatable bonds is 8. The second kappa shape index (κ2) is 9.06. The number of nitrogens with one attached hydrogen (secondary N) is 1. The molecular formula is C20H24FNO3. The first-order valence-electron chi connectivity index (χ1n) is 8.33. The van der Waals surface area contributed by atoms with Crippen molar-refractivity contribution in [2.45, 2.75) is 32.2 Å². The van der Waals surface area contributed by atoms with Crippen molar-refractivity contribution in [2.75, 3.05) is 14.2 Å². The summed E-state index contributed by atoms with van der Waals surface area (Å²) in [5, 5.41) is 3.00. The van der Waals surface area contributed by atoms with Gasteiger partial charge in [0.15, 0.2) is 11.5 Å². The number of halogens is 1. The summed E-state index contributed by atoms with van der Waals surface area (Å²) in [5.74, 6) is 0.887. The zero-order valence-corrected chi connectivity index (χ0v) is 14.8. The molecule has 0 aliphatic heterocycles. The Morgan fingerprint density at radius 3 is 2.48 bits per heavy atom. The van der Waals surface area contributed by atoms with Crippen LogP contribution in [0.15, 0.2) is 42.5 Å². The van der Waals surface area contributed by atoms with Crippen LogP contribution in [0.5, 0.6) is 11.5 Å². The van der Waals surface area contributed by atoms with E-state index < -0.39 is 0 Å². The van der Waals surface area contributed by atoms with Crippen molar-refractivity contribution in [3.63, 3.8) is 0 Å². The van der Waals surface area contributed by atoms with E-state index in [2.05, 4.69) is 5.32 Å². The first-order valence-corrected chi connectivity index (χ1v) is 8.33. The molecule has 25 heavy (non-hydrogen) atoms. The second-order valence-electron chi connectivity index (χ2n) is 5.73. The molecule has 1 amide bonds. The van der Waals surface area contributed by atoms with Crippen LogP contribution in [0.3, 0.4) is 0 Å². The van der Waals surface area contributed by atoms with Crippen LogP contribution in [-0.4, -0.2) is 20.1 Å². The number of methoxy groups -OCH3 is 2. The van der Waals surface area contributed by atoms with Gasteiger partial charge in [-0.15, -0.1) is 0 Å². The summed E-state index contributed by atoms with van der Waals surface area (Å²) >= 11 is 0. The molecule has 0 fully saturated rings. The van der Waals surface area contributed by atoms with Crippen molar-refractivity contribution in [2.24, 2.45) is 0 Å². The van der Waals surface area contributed by atoms with Gasteiger partial charge >= 0.3 is 0 Å². The summed E-state index contributed by atoms with van der Waals surface area (Å²) in [4.78, 5) is 12.3. The van der Waals surface area contributed by atoms with Crippen LogP contribution >= 0.6 is 0 Å². The lowest BCUT2D eigenvalue weighted by Crippen LogP contribution is -2.28. The Bertz CT molecular complexity index is 718. The molecule has 0 spiro atoms. The van der Waals surface area contributed by atoms with Gasteiger partial charge in [0, 0.05) is 6.42 Å². The fraction of sp³-hybridized carbons (Fsp3) is 0.350. The normalized spacial score (nSPS) is 11.7. The third-order valence-electron chi connectivity index (χ3n) is 4.13. The van der Waals surface area contributed by atoms with E-state index in [0.29, 0.717) is 23.5 Å². The molecule has 0 aliphatic rings. The van der Waals surface area contributed by atoms with Gasteiger partial charge in [-0.25, -0.2) is 4.39 Å². The summed E-state index contributed by atoms with van der Waals surface area (Å²) in [6.07, 6.45) is 1.35. The summed E-state index contributed by atoms with van der Waals surface area (Å²) in [7, 11) is 3.16. The SMILES string of the molecule is CCC(NC(=O)CCc1ccccc1F)c1ccc(OC)c(OC)c1. The van der Waals surface area contributed by atoms with Crippen molar-refractivity contribution >= 4 is 5.91 Å². The summed E-state index contributed by atoms with van der Waals surface area (Å²) in [6.45, 7) is 2.00. The molecule has 0 saturated carbocycles. The number of hydrogen-bond donors (Lipinski definition) is 1. The largest absolute Gasteiger partial charge is 0.493 e. The van der Waals surface area contributed by atoms with Crippen LogP contribution in [0.1, 0.15) is 36.9 Å². The quantitative estimate of drug-likeness (QED) is 0.785. The average Bonchev–Trinajstić information content (AvgIpc) is 2.64. The van der Waals surface area contributed by atoms with Gasteiger partial charge < -0.3 is 14.8 Å². The van der Waals surface area contributed by atoms with E-state index in [-0.39, 0.29) is 24.2 Å². The smallest absolute Gasteiger partial charge is 0.220 e. The highest BCUT2D eigenvalue weighted by Crippen LogP contribution is 2.30. The predicted octanol–water partition coefficient (Wildman–Crippen LogP) is 4.04. The van der Waals surface area contributed by atoms with Crippen molar-refractivity contribution in [1.82, 2.24) is 5.32 Å². The molecule has 5 heteroatoms. The molecule has 0 saturated heterocycles. The summed E-state index contributed by atoms with van der Waals surface area (Å²) < 4.78 is 24.2. The lowest BCUT2D eigenvalue weighted by molar-refractivity contribution is -0.121. The van der Waals surface area contributed by atoms with Gasteiger partial charge in [0.2, 0.25) is 5.91 Å². The minimum Gasteiger partial charge on any atom is -0.493 e. The molecule has 2 aromatic carbocycles. The van der Waals surface area contributed by atoms with Crippen LogP contribution < -0.4 is 14.8 Å². The molecule has 134 valence electrons. The molecule has 1 N–H and O–H groups in total. The molecule has 2 rings (SSSR count). The van der Waals surface area contributed by atoms with Crippen LogP contribution in [-0.2, 0) is 11.2 Å². The molecule has 0 heterocycles. The second-order valence-corrected chi connectivity index (χ2v) is 5.73. The number of carbonyl (C=O) groups excluding carboxylic acids is 1. The monoisotopic (exact) mass is 345 g/mol. The highest BCUT2D eigenvalue weighted by molar-refractivity contribution is 5.76. The van der Waals surface area contributed by atoms with E-state index in [0.717, 1.165) is 12.0 Å². The third-order valence-corrected chi connectivity index (χ3v) is 4.13. The van der Waals surface area contributed by atoms with E-state index in [1.54, 1.807) is 32.4 Å². The van der Waals surface area contributed by atoms with Crippen molar-refractivity contribution in [3.05, 3.63) is 59.4 Å². The van der Waals surface area contributed by atoms with E-state index in [9.17, 15) is 9.18 Å². The molecule has 4 nitrogen and oxygen atoms in total. The number of amides is 1. The molecule has 1 unspecified atom stereocenters. The highest BCUT2D eigenvalue weighted by Gasteiger charge is 2.15. The van der Waals surface area contributed by atoms with Gasteiger partial charge in [-0.05, 0) is 42.2 Å². The first kappa shape index (κ1) is 18.8. The number of hydrogen-bond acceptors (Lipinski definition) is 3. The minimum absolute atomic E-state index is 0.107. The number of benzene rings is 2. The molecule has 0 radical (unpaired) electrons. The Morgan fingerprint density at radius 2 is 1.84 bits per heavy atom. The van der Waals surface area contributed by atoms with Crippen molar-refractivity contribution in [3.8, 4) is 11.5 Å². The molecule has 0 aromatic heterocycles. The fourth-order valence-corrected chi connectivity index (χ4v) is 2.71. The Morgan fingerprint density at radius 1 is 1.12 bits per heavy atom. The minimum atomic E-state index is -0.276. The van der Waals surface area contributed by atoms with Gasteiger partial charge in [-0.1, -0.05) is 31.2 Å². The van der Waals surface area contributed by atoms with E-state index in [4.69, 9.17) is 9.47 Å². The maximum absolute atomic E-state index is 13.6. The van der Waals surface area contributed by atoms with Crippen LogP contribution in [0.4, 0.5) is 4.39 Å². The highest BCUT2D eigenvalue weighted by atomic mass is 19.1. The molecular weight excluding hydrogens is 321 g/mol. The van der Waals surface area contributed by atoms with Gasteiger partial charge in [0.1, 0.15) is 5.82 Å².